The first-order valence-electron chi connectivity index (χ1n) is 8.47. The summed E-state index contributed by atoms with van der Waals surface area (Å²) in [6.45, 7) is 2.36. The minimum atomic E-state index is -3.49. The van der Waals surface area contributed by atoms with Crippen LogP contribution >= 0.6 is 11.8 Å². The molecule has 138 valence electrons. The molecule has 0 aliphatic heterocycles. The van der Waals surface area contributed by atoms with Crippen LogP contribution < -0.4 is 4.72 Å². The molecular formula is C19H18N4O2S2. The molecule has 4 aromatic rings. The van der Waals surface area contributed by atoms with Gasteiger partial charge >= 0.3 is 0 Å². The van der Waals surface area contributed by atoms with Gasteiger partial charge in [-0.1, -0.05) is 48.2 Å². The van der Waals surface area contributed by atoms with Gasteiger partial charge in [0.15, 0.2) is 10.8 Å². The highest BCUT2D eigenvalue weighted by molar-refractivity contribution is 7.99. The normalized spacial score (nSPS) is 12.0. The number of nitrogens with one attached hydrogen (secondary N) is 1. The lowest BCUT2D eigenvalue weighted by atomic mass is 10.1. The van der Waals surface area contributed by atoms with E-state index in [0.29, 0.717) is 12.3 Å². The van der Waals surface area contributed by atoms with Crippen molar-refractivity contribution in [3.05, 3.63) is 66.2 Å². The van der Waals surface area contributed by atoms with E-state index in [1.807, 2.05) is 28.7 Å². The molecule has 0 fully saturated rings. The number of hydrogen-bond donors (Lipinski definition) is 1. The molecule has 0 aliphatic rings. The van der Waals surface area contributed by atoms with Gasteiger partial charge in [-0.2, -0.15) is 0 Å². The molecule has 0 spiro atoms. The van der Waals surface area contributed by atoms with Gasteiger partial charge in [0.2, 0.25) is 10.0 Å². The summed E-state index contributed by atoms with van der Waals surface area (Å²) in [5.74, 6) is 0.551. The number of para-hydroxylation sites is 1. The molecule has 6 nitrogen and oxygen atoms in total. The van der Waals surface area contributed by atoms with Crippen molar-refractivity contribution in [2.24, 2.45) is 0 Å². The maximum Gasteiger partial charge on any atom is 0.240 e. The number of aryl methyl sites for hydroxylation is 1. The van der Waals surface area contributed by atoms with Crippen molar-refractivity contribution in [3.8, 4) is 0 Å². The molecule has 27 heavy (non-hydrogen) atoms. The van der Waals surface area contributed by atoms with E-state index in [1.165, 1.54) is 11.8 Å². The number of aromatic nitrogens is 3. The summed E-state index contributed by atoms with van der Waals surface area (Å²) in [7, 11) is -3.49. The Hall–Kier alpha value is -2.42. The zero-order valence-electron chi connectivity index (χ0n) is 14.7. The van der Waals surface area contributed by atoms with Gasteiger partial charge in [0.1, 0.15) is 0 Å². The van der Waals surface area contributed by atoms with Crippen molar-refractivity contribution in [1.82, 2.24) is 19.3 Å². The third-order valence-electron chi connectivity index (χ3n) is 4.25. The van der Waals surface area contributed by atoms with Crippen molar-refractivity contribution in [2.45, 2.75) is 17.0 Å². The molecule has 0 saturated heterocycles. The summed E-state index contributed by atoms with van der Waals surface area (Å²) in [6, 6.07) is 18.5. The van der Waals surface area contributed by atoms with E-state index in [-0.39, 0.29) is 4.90 Å². The van der Waals surface area contributed by atoms with E-state index in [2.05, 4.69) is 27.9 Å². The third kappa shape index (κ3) is 3.55. The van der Waals surface area contributed by atoms with Gasteiger partial charge in [-0.25, -0.2) is 13.1 Å². The van der Waals surface area contributed by atoms with Crippen LogP contribution in [0.1, 0.15) is 5.56 Å². The second-order valence-corrected chi connectivity index (χ2v) is 8.91. The van der Waals surface area contributed by atoms with Crippen LogP contribution in [0, 0.1) is 6.92 Å². The van der Waals surface area contributed by atoms with Crippen molar-refractivity contribution in [2.75, 3.05) is 12.3 Å². The van der Waals surface area contributed by atoms with Crippen molar-refractivity contribution in [1.29, 1.82) is 0 Å². The summed E-state index contributed by atoms with van der Waals surface area (Å²) in [5, 5.41) is 10.4. The van der Waals surface area contributed by atoms with E-state index < -0.39 is 10.0 Å². The first-order valence-corrected chi connectivity index (χ1v) is 10.9. The highest BCUT2D eigenvalue weighted by Crippen LogP contribution is 2.25. The van der Waals surface area contributed by atoms with E-state index in [0.717, 1.165) is 27.3 Å². The molecule has 2 heterocycles. The maximum atomic E-state index is 12.3. The fourth-order valence-electron chi connectivity index (χ4n) is 2.97. The lowest BCUT2D eigenvalue weighted by Gasteiger charge is -2.08. The zero-order chi connectivity index (χ0) is 18.9. The topological polar surface area (TPSA) is 76.4 Å². The highest BCUT2D eigenvalue weighted by atomic mass is 32.2. The average Bonchev–Trinajstić information content (AvgIpc) is 3.09. The number of thioether (sulfide) groups is 1. The van der Waals surface area contributed by atoms with E-state index in [1.54, 1.807) is 30.3 Å². The molecule has 0 aliphatic carbocycles. The van der Waals surface area contributed by atoms with E-state index >= 15 is 0 Å². The largest absolute Gasteiger partial charge is 0.270 e. The second-order valence-electron chi connectivity index (χ2n) is 6.08. The van der Waals surface area contributed by atoms with Crippen LogP contribution in [0.3, 0.4) is 0 Å². The number of sulfonamides is 1. The van der Waals surface area contributed by atoms with Crippen molar-refractivity contribution in [3.63, 3.8) is 0 Å². The monoisotopic (exact) mass is 398 g/mol. The third-order valence-corrected chi connectivity index (χ3v) is 6.66. The number of hydrogen-bond acceptors (Lipinski definition) is 5. The Balaban J connectivity index is 1.51. The quantitative estimate of drug-likeness (QED) is 0.398. The molecule has 0 radical (unpaired) electrons. The first-order chi connectivity index (χ1) is 13.1. The summed E-state index contributed by atoms with van der Waals surface area (Å²) in [4.78, 5) is 0.268. The maximum absolute atomic E-state index is 12.3. The van der Waals surface area contributed by atoms with Gasteiger partial charge < -0.3 is 0 Å². The molecule has 0 bridgehead atoms. The molecular weight excluding hydrogens is 380 g/mol. The van der Waals surface area contributed by atoms with Crippen LogP contribution in [0.25, 0.3) is 16.6 Å². The molecule has 0 atom stereocenters. The van der Waals surface area contributed by atoms with E-state index in [4.69, 9.17) is 0 Å². The summed E-state index contributed by atoms with van der Waals surface area (Å²) >= 11 is 1.48. The number of pyridine rings is 1. The van der Waals surface area contributed by atoms with Crippen LogP contribution in [0.15, 0.2) is 70.7 Å². The standard InChI is InChI=1S/C19H18N4O2S2/c1-14-13-18-21-22-19(23(18)17-10-6-5-9-16(14)17)26-12-11-20-27(24,25)15-7-3-2-4-8-15/h2-10,13,20H,11-12H2,1H3. The smallest absolute Gasteiger partial charge is 0.240 e. The predicted octanol–water partition coefficient (Wildman–Crippen LogP) is 3.26. The average molecular weight is 399 g/mol. The Bertz CT molecular complexity index is 1200. The zero-order valence-corrected chi connectivity index (χ0v) is 16.3. The van der Waals surface area contributed by atoms with Crippen LogP contribution in [0.2, 0.25) is 0 Å². The minimum Gasteiger partial charge on any atom is -0.270 e. The van der Waals surface area contributed by atoms with Gasteiger partial charge in [0.25, 0.3) is 0 Å². The number of fused-ring (bicyclic) bond motifs is 3. The fraction of sp³-hybridized carbons (Fsp3) is 0.158. The van der Waals surface area contributed by atoms with Gasteiger partial charge in [0, 0.05) is 17.7 Å². The summed E-state index contributed by atoms with van der Waals surface area (Å²) < 4.78 is 29.2. The predicted molar refractivity (Wildman–Crippen MR) is 108 cm³/mol. The summed E-state index contributed by atoms with van der Waals surface area (Å²) in [5.41, 5.74) is 2.99. The molecule has 0 amide bonds. The molecule has 0 saturated carbocycles. The molecule has 2 aromatic heterocycles. The number of rotatable bonds is 6. The van der Waals surface area contributed by atoms with Gasteiger partial charge in [-0.05, 0) is 36.8 Å². The van der Waals surface area contributed by atoms with Crippen LogP contribution in [-0.4, -0.2) is 35.3 Å². The molecule has 0 unspecified atom stereocenters. The van der Waals surface area contributed by atoms with E-state index in [9.17, 15) is 8.42 Å². The Labute approximate surface area is 161 Å². The highest BCUT2D eigenvalue weighted by Gasteiger charge is 2.14. The fourth-order valence-corrected chi connectivity index (χ4v) is 4.96. The van der Waals surface area contributed by atoms with Gasteiger partial charge in [0.05, 0.1) is 10.4 Å². The van der Waals surface area contributed by atoms with Crippen LogP contribution in [0.5, 0.6) is 0 Å². The molecule has 2 aromatic carbocycles. The Morgan fingerprint density at radius 2 is 1.78 bits per heavy atom. The van der Waals surface area contributed by atoms with Crippen LogP contribution in [0.4, 0.5) is 0 Å². The Kier molecular flexibility index (Phi) is 4.86. The lowest BCUT2D eigenvalue weighted by Crippen LogP contribution is -2.26. The molecule has 8 heteroatoms. The summed E-state index contributed by atoms with van der Waals surface area (Å²) in [6.07, 6.45) is 0. The number of benzene rings is 2. The number of nitrogens with zero attached hydrogens (tertiary/aromatic N) is 3. The van der Waals surface area contributed by atoms with Crippen LogP contribution in [-0.2, 0) is 10.0 Å². The van der Waals surface area contributed by atoms with Crippen molar-refractivity contribution >= 4 is 38.3 Å². The molecule has 1 N–H and O–H groups in total. The van der Waals surface area contributed by atoms with Crippen molar-refractivity contribution < 1.29 is 8.42 Å². The first kappa shape index (κ1) is 18.0. The SMILES string of the molecule is Cc1cc2nnc(SCCNS(=O)(=O)c3ccccc3)n2c2ccccc12. The molecule has 4 rings (SSSR count). The minimum absolute atomic E-state index is 0.268. The van der Waals surface area contributed by atoms with Gasteiger partial charge in [-0.3, -0.25) is 4.40 Å². The lowest BCUT2D eigenvalue weighted by molar-refractivity contribution is 0.584. The Morgan fingerprint density at radius 3 is 2.59 bits per heavy atom. The second kappa shape index (κ2) is 7.30. The Morgan fingerprint density at radius 1 is 1.04 bits per heavy atom. The van der Waals surface area contributed by atoms with Gasteiger partial charge in [-0.15, -0.1) is 10.2 Å².